The Balaban J connectivity index is 0.000000274. The second kappa shape index (κ2) is 22.0. The number of carbonyl (C=O) groups excluding carboxylic acids is 5. The number of nitrogens with one attached hydrogen (secondary N) is 3. The van der Waals surface area contributed by atoms with Crippen LogP contribution in [0, 0.1) is 32.1 Å². The molecule has 0 unspecified atom stereocenters. The van der Waals surface area contributed by atoms with Crippen LogP contribution >= 0.6 is 0 Å². The molecule has 340 valence electrons. The van der Waals surface area contributed by atoms with E-state index in [-0.39, 0.29) is 92.4 Å². The van der Waals surface area contributed by atoms with Crippen LogP contribution in [0.4, 0.5) is 23.3 Å². The van der Waals surface area contributed by atoms with Crippen molar-refractivity contribution in [2.24, 2.45) is 31.7 Å². The summed E-state index contributed by atoms with van der Waals surface area (Å²) in [7, 11) is 3.00. The number of imide groups is 1. The Hall–Kier alpha value is -7.57. The minimum Gasteiger partial charge on any atom is -0.484 e. The lowest BCUT2D eigenvalue weighted by Crippen LogP contribution is -2.40. The van der Waals surface area contributed by atoms with E-state index < -0.39 is 21.7 Å². The van der Waals surface area contributed by atoms with Crippen LogP contribution in [0.2, 0.25) is 0 Å². The number of ether oxygens (including phenoxy) is 2. The van der Waals surface area contributed by atoms with E-state index in [1.54, 1.807) is 30.3 Å². The summed E-state index contributed by atoms with van der Waals surface area (Å²) in [6.45, 7) is -0.645. The van der Waals surface area contributed by atoms with Gasteiger partial charge in [-0.3, -0.25) is 28.9 Å². The topological polar surface area (TPSA) is 332 Å². The number of anilines is 2. The number of amides is 5. The quantitative estimate of drug-likeness (QED) is 0.0468. The molecule has 2 aromatic heterocycles. The molecule has 0 spiro atoms. The van der Waals surface area contributed by atoms with Crippen molar-refractivity contribution in [2.75, 3.05) is 30.3 Å². The minimum absolute atomic E-state index is 0.0152. The van der Waals surface area contributed by atoms with Crippen molar-refractivity contribution in [3.8, 4) is 11.5 Å². The van der Waals surface area contributed by atoms with Gasteiger partial charge in [0.05, 0.1) is 51.8 Å². The van der Waals surface area contributed by atoms with Crippen LogP contribution < -0.4 is 31.2 Å². The van der Waals surface area contributed by atoms with Gasteiger partial charge in [-0.25, -0.2) is 9.13 Å². The Morgan fingerprint density at radius 3 is 1.67 bits per heavy atom. The number of imidazole rings is 2. The predicted octanol–water partition coefficient (Wildman–Crippen LogP) is 1.48. The number of aliphatic hydroxyl groups excluding tert-OH is 2. The third kappa shape index (κ3) is 12.3. The molecule has 24 nitrogen and oxygen atoms in total. The maximum atomic E-state index is 12.7. The molecular formula is C40H47N11O13. The molecule has 1 saturated carbocycles. The average molecular weight is 890 g/mol. The van der Waals surface area contributed by atoms with Gasteiger partial charge in [0.1, 0.15) is 37.1 Å². The van der Waals surface area contributed by atoms with E-state index in [1.807, 2.05) is 0 Å². The summed E-state index contributed by atoms with van der Waals surface area (Å²) in [5, 5.41) is 48.4. The van der Waals surface area contributed by atoms with E-state index in [0.717, 1.165) is 0 Å². The van der Waals surface area contributed by atoms with Crippen LogP contribution in [-0.2, 0) is 64.5 Å². The molecular weight excluding hydrogens is 843 g/mol. The van der Waals surface area contributed by atoms with Gasteiger partial charge in [0.2, 0.25) is 17.7 Å². The molecule has 1 aliphatic heterocycles. The molecule has 6 rings (SSSR count). The van der Waals surface area contributed by atoms with Crippen LogP contribution in [0.5, 0.6) is 11.5 Å². The van der Waals surface area contributed by atoms with Crippen molar-refractivity contribution in [2.45, 2.75) is 52.1 Å². The lowest BCUT2D eigenvalue weighted by atomic mass is 9.81. The molecule has 0 bridgehead atoms. The van der Waals surface area contributed by atoms with Gasteiger partial charge in [-0.15, -0.1) is 0 Å². The number of nitrogens with two attached hydrogens (primary N) is 1. The van der Waals surface area contributed by atoms with Gasteiger partial charge in [0, 0.05) is 24.6 Å². The number of aliphatic hydroxyl groups is 2. The number of hydrogen-bond acceptors (Lipinski definition) is 16. The van der Waals surface area contributed by atoms with E-state index in [9.17, 15) is 54.4 Å². The van der Waals surface area contributed by atoms with E-state index in [4.69, 9.17) is 15.2 Å². The smallest absolute Gasteiger partial charge is 0.434 e. The molecule has 2 aliphatic rings. The van der Waals surface area contributed by atoms with Crippen LogP contribution in [-0.4, -0.2) is 93.2 Å². The number of benzene rings is 2. The molecule has 0 radical (unpaired) electrons. The fraction of sp³-hybridized carbons (Fsp3) is 0.375. The highest BCUT2D eigenvalue weighted by atomic mass is 16.6. The summed E-state index contributed by atoms with van der Waals surface area (Å²) in [6.07, 6.45) is 7.75. The fourth-order valence-corrected chi connectivity index (χ4v) is 6.76. The third-order valence-electron chi connectivity index (χ3n) is 10.4. The minimum atomic E-state index is -0.609. The first-order valence-electron chi connectivity index (χ1n) is 19.8. The van der Waals surface area contributed by atoms with Gasteiger partial charge in [0.15, 0.2) is 11.4 Å². The molecule has 4 aromatic rings. The van der Waals surface area contributed by atoms with Gasteiger partial charge < -0.3 is 61.6 Å². The van der Waals surface area contributed by atoms with Gasteiger partial charge in [-0.1, -0.05) is 22.1 Å². The maximum Gasteiger partial charge on any atom is 0.434 e. The Kier molecular flexibility index (Phi) is 16.3. The fourth-order valence-electron chi connectivity index (χ4n) is 6.76. The maximum absolute atomic E-state index is 12.7. The van der Waals surface area contributed by atoms with Crippen molar-refractivity contribution < 1.29 is 53.5 Å². The zero-order chi connectivity index (χ0) is 46.5. The number of nitro groups is 2. The highest BCUT2D eigenvalue weighted by molar-refractivity contribution is 6.12. The lowest BCUT2D eigenvalue weighted by Gasteiger charge is -2.29. The molecule has 1 fully saturated rings. The number of aromatic nitrogens is 4. The van der Waals surface area contributed by atoms with Gasteiger partial charge in [-0.05, 0) is 76.8 Å². The number of rotatable bonds is 18. The van der Waals surface area contributed by atoms with E-state index in [1.165, 1.54) is 58.7 Å². The molecule has 0 saturated heterocycles. The van der Waals surface area contributed by atoms with Crippen molar-refractivity contribution >= 4 is 52.8 Å². The van der Waals surface area contributed by atoms with Gasteiger partial charge >= 0.3 is 11.9 Å². The molecule has 24 heteroatoms. The summed E-state index contributed by atoms with van der Waals surface area (Å²) in [4.78, 5) is 89.7. The van der Waals surface area contributed by atoms with Crippen LogP contribution in [0.15, 0.2) is 60.9 Å². The van der Waals surface area contributed by atoms with E-state index in [2.05, 4.69) is 25.9 Å². The monoisotopic (exact) mass is 889 g/mol. The highest BCUT2D eigenvalue weighted by Crippen LogP contribution is 2.31. The van der Waals surface area contributed by atoms with Crippen molar-refractivity contribution in [3.05, 3.63) is 104 Å². The number of carbonyl (C=O) groups is 5. The van der Waals surface area contributed by atoms with Crippen LogP contribution in [0.1, 0.15) is 48.2 Å². The number of nitrogens with zero attached hydrogens (tertiary/aromatic N) is 7. The molecule has 0 atom stereocenters. The molecule has 5 amide bonds. The second-order valence-corrected chi connectivity index (χ2v) is 14.6. The van der Waals surface area contributed by atoms with Crippen molar-refractivity contribution in [1.82, 2.24) is 29.3 Å². The van der Waals surface area contributed by atoms with E-state index >= 15 is 0 Å². The Labute approximate surface area is 364 Å². The average Bonchev–Trinajstić information content (AvgIpc) is 3.96. The van der Waals surface area contributed by atoms with Crippen LogP contribution in [0.25, 0.3) is 0 Å². The van der Waals surface area contributed by atoms with E-state index in [0.29, 0.717) is 66.2 Å². The first-order valence-corrected chi connectivity index (χ1v) is 19.8. The molecule has 64 heavy (non-hydrogen) atoms. The normalized spacial score (nSPS) is 15.5. The van der Waals surface area contributed by atoms with Gasteiger partial charge in [-0.2, -0.15) is 0 Å². The SMILES string of the molecule is Cn1c(COc2ccc(CO)cc2NC(=O)CN)cnc1[N+](=O)[O-].Cn1c(COc2ccc(CO)cc2NC(=O)CNC(=O)C2CCC(CN3C(=O)C=CC3=O)CC2)cnc1[N+](=O)[O-]. The summed E-state index contributed by atoms with van der Waals surface area (Å²) >= 11 is 0. The molecule has 1 aliphatic carbocycles. The summed E-state index contributed by atoms with van der Waals surface area (Å²) in [6, 6.07) is 9.49. The first-order chi connectivity index (χ1) is 30.6. The highest BCUT2D eigenvalue weighted by Gasteiger charge is 2.31. The zero-order valence-electron chi connectivity index (χ0n) is 34.8. The van der Waals surface area contributed by atoms with Crippen molar-refractivity contribution in [1.29, 1.82) is 0 Å². The predicted molar refractivity (Wildman–Crippen MR) is 224 cm³/mol. The summed E-state index contributed by atoms with van der Waals surface area (Å²) in [5.74, 6) is -1.93. The van der Waals surface area contributed by atoms with Crippen molar-refractivity contribution in [3.63, 3.8) is 0 Å². The Morgan fingerprint density at radius 1 is 0.781 bits per heavy atom. The summed E-state index contributed by atoms with van der Waals surface area (Å²) < 4.78 is 14.0. The standard InChI is InChI=1S/C26H30N6O8.C14H17N5O5/c1-30-19(11-28-26(30)32(38)39)15-40-21-7-4-17(14-33)10-20(21)29-22(34)12-27-25(37)18-5-2-16(3-6-18)13-31-23(35)8-9-24(31)36;1-18-10(6-16-14(18)19(22)23)8-24-12-3-2-9(7-20)4-11(12)17-13(21)5-15/h4,7-11,16,18,33H,2-3,5-6,12-15H2,1H3,(H,27,37)(H,29,34);2-4,6,20H,5,7-8,15H2,1H3,(H,17,21). The van der Waals surface area contributed by atoms with Gasteiger partial charge in [0.25, 0.3) is 11.8 Å². The molecule has 7 N–H and O–H groups in total. The molecule has 2 aromatic carbocycles. The largest absolute Gasteiger partial charge is 0.484 e. The summed E-state index contributed by atoms with van der Waals surface area (Å²) in [5.41, 5.74) is 7.94. The first kappa shape index (κ1) is 47.5. The Bertz CT molecular complexity index is 2400. The second-order valence-electron chi connectivity index (χ2n) is 14.6. The Morgan fingerprint density at radius 2 is 1.25 bits per heavy atom. The zero-order valence-corrected chi connectivity index (χ0v) is 34.8. The third-order valence-corrected chi connectivity index (χ3v) is 10.4. The molecule has 3 heterocycles. The number of hydrogen-bond donors (Lipinski definition) is 6. The van der Waals surface area contributed by atoms with Crippen LogP contribution in [0.3, 0.4) is 0 Å². The lowest BCUT2D eigenvalue weighted by molar-refractivity contribution is -0.396.